The molecule has 1 aromatic rings. The van der Waals surface area contributed by atoms with Gasteiger partial charge in [-0.15, -0.1) is 11.3 Å². The number of halogens is 3. The highest BCUT2D eigenvalue weighted by molar-refractivity contribution is 7.12. The minimum absolute atomic E-state index is 0.00236. The lowest BCUT2D eigenvalue weighted by molar-refractivity contribution is -0.137. The molecular weight excluding hydrogens is 249 g/mol. The molecule has 1 heterocycles. The van der Waals surface area contributed by atoms with Gasteiger partial charge in [-0.05, 0) is 25.3 Å². The topological polar surface area (TPSA) is 24.9 Å². The quantitative estimate of drug-likeness (QED) is 0.841. The third-order valence-electron chi connectivity index (χ3n) is 3.04. The molecule has 1 N–H and O–H groups in total. The van der Waals surface area contributed by atoms with Crippen molar-refractivity contribution < 1.29 is 13.2 Å². The average Bonchev–Trinajstić information content (AvgIpc) is 2.57. The summed E-state index contributed by atoms with van der Waals surface area (Å²) in [4.78, 5) is 4.52. The summed E-state index contributed by atoms with van der Waals surface area (Å²) in [7, 11) is 1.78. The van der Waals surface area contributed by atoms with E-state index in [1.54, 1.807) is 7.05 Å². The Hall–Kier alpha value is -0.620. The van der Waals surface area contributed by atoms with Crippen LogP contribution in [0, 0.1) is 5.41 Å². The van der Waals surface area contributed by atoms with Gasteiger partial charge in [0, 0.05) is 10.9 Å². The Balaban J connectivity index is 2.43. The van der Waals surface area contributed by atoms with Crippen molar-refractivity contribution in [3.8, 4) is 0 Å². The zero-order valence-corrected chi connectivity index (χ0v) is 10.8. The third kappa shape index (κ3) is 2.47. The molecule has 0 saturated carbocycles. The third-order valence-corrected chi connectivity index (χ3v) is 4.29. The molecule has 1 aromatic heterocycles. The van der Waals surface area contributed by atoms with Gasteiger partial charge in [-0.3, -0.25) is 0 Å². The van der Waals surface area contributed by atoms with Crippen LogP contribution in [0.25, 0.3) is 0 Å². The Kier molecular flexibility index (Phi) is 2.98. The molecule has 0 bridgehead atoms. The Labute approximate surface area is 102 Å². The molecule has 1 atom stereocenters. The zero-order chi connectivity index (χ0) is 12.8. The maximum atomic E-state index is 12.6. The maximum absolute atomic E-state index is 12.6. The normalized spacial score (nSPS) is 23.5. The number of hydrogen-bond acceptors (Lipinski definition) is 3. The fourth-order valence-electron chi connectivity index (χ4n) is 2.29. The Morgan fingerprint density at radius 3 is 2.59 bits per heavy atom. The smallest absolute Gasteiger partial charge is 0.312 e. The monoisotopic (exact) mass is 264 g/mol. The summed E-state index contributed by atoms with van der Waals surface area (Å²) in [5.41, 5.74) is 0.607. The van der Waals surface area contributed by atoms with Crippen LogP contribution in [0.3, 0.4) is 0 Å². The largest absolute Gasteiger partial charge is 0.443 e. The molecule has 1 unspecified atom stereocenters. The van der Waals surface area contributed by atoms with Crippen molar-refractivity contribution >= 4 is 11.3 Å². The van der Waals surface area contributed by atoms with E-state index in [4.69, 9.17) is 0 Å². The van der Waals surface area contributed by atoms with Gasteiger partial charge in [0.05, 0.1) is 5.69 Å². The van der Waals surface area contributed by atoms with E-state index in [0.717, 1.165) is 22.6 Å². The van der Waals surface area contributed by atoms with Crippen molar-refractivity contribution in [2.45, 2.75) is 38.9 Å². The van der Waals surface area contributed by atoms with Gasteiger partial charge in [-0.2, -0.15) is 13.2 Å². The lowest BCUT2D eigenvalue weighted by Crippen LogP contribution is -2.30. The molecule has 1 aliphatic carbocycles. The van der Waals surface area contributed by atoms with Gasteiger partial charge in [0.15, 0.2) is 5.01 Å². The highest BCUT2D eigenvalue weighted by atomic mass is 32.1. The van der Waals surface area contributed by atoms with Crippen molar-refractivity contribution in [1.29, 1.82) is 0 Å². The Morgan fingerprint density at radius 1 is 1.41 bits per heavy atom. The van der Waals surface area contributed by atoms with Crippen LogP contribution >= 0.6 is 11.3 Å². The van der Waals surface area contributed by atoms with Gasteiger partial charge in [-0.1, -0.05) is 13.8 Å². The van der Waals surface area contributed by atoms with Crippen LogP contribution in [-0.2, 0) is 12.6 Å². The van der Waals surface area contributed by atoms with E-state index in [1.165, 1.54) is 0 Å². The summed E-state index contributed by atoms with van der Waals surface area (Å²) >= 11 is 0.777. The van der Waals surface area contributed by atoms with Crippen LogP contribution in [0.5, 0.6) is 0 Å². The zero-order valence-electron chi connectivity index (χ0n) is 9.98. The molecule has 17 heavy (non-hydrogen) atoms. The average molecular weight is 264 g/mol. The summed E-state index contributed by atoms with van der Waals surface area (Å²) in [5.74, 6) is 0. The first kappa shape index (κ1) is 12.8. The number of nitrogens with zero attached hydrogens (tertiary/aromatic N) is 1. The lowest BCUT2D eigenvalue weighted by Gasteiger charge is -2.34. The number of nitrogens with one attached hydrogen (secondary N) is 1. The molecule has 96 valence electrons. The molecule has 0 amide bonds. The fourth-order valence-corrected chi connectivity index (χ4v) is 3.35. The van der Waals surface area contributed by atoms with E-state index < -0.39 is 11.2 Å². The van der Waals surface area contributed by atoms with Crippen LogP contribution in [0.4, 0.5) is 13.2 Å². The van der Waals surface area contributed by atoms with Crippen molar-refractivity contribution in [2.24, 2.45) is 5.41 Å². The minimum Gasteiger partial charge on any atom is -0.312 e. The van der Waals surface area contributed by atoms with E-state index >= 15 is 0 Å². The van der Waals surface area contributed by atoms with Crippen molar-refractivity contribution in [1.82, 2.24) is 10.3 Å². The Morgan fingerprint density at radius 2 is 2.06 bits per heavy atom. The predicted octanol–water partition coefficient (Wildman–Crippen LogP) is 3.39. The molecule has 0 aliphatic heterocycles. The second-order valence-electron chi connectivity index (χ2n) is 5.21. The number of hydrogen-bond donors (Lipinski definition) is 1. The second kappa shape index (κ2) is 3.95. The summed E-state index contributed by atoms with van der Waals surface area (Å²) < 4.78 is 37.9. The summed E-state index contributed by atoms with van der Waals surface area (Å²) in [6.07, 6.45) is -2.87. The SMILES string of the molecule is CNC1CC(C)(C)Cc2nc(C(F)(F)F)sc21. The van der Waals surface area contributed by atoms with Gasteiger partial charge in [0.25, 0.3) is 0 Å². The van der Waals surface area contributed by atoms with Gasteiger partial charge in [0.2, 0.25) is 0 Å². The highest BCUT2D eigenvalue weighted by Gasteiger charge is 2.40. The molecular formula is C11H15F3N2S. The van der Waals surface area contributed by atoms with Gasteiger partial charge in [-0.25, -0.2) is 4.98 Å². The number of thiazole rings is 1. The number of aromatic nitrogens is 1. The summed E-state index contributed by atoms with van der Waals surface area (Å²) in [6, 6.07) is -0.0117. The molecule has 2 rings (SSSR count). The van der Waals surface area contributed by atoms with E-state index in [0.29, 0.717) is 12.1 Å². The first-order valence-corrected chi connectivity index (χ1v) is 6.29. The van der Waals surface area contributed by atoms with Crippen LogP contribution in [-0.4, -0.2) is 12.0 Å². The van der Waals surface area contributed by atoms with Gasteiger partial charge in [0.1, 0.15) is 0 Å². The molecule has 6 heteroatoms. The Bertz CT molecular complexity index is 423. The van der Waals surface area contributed by atoms with E-state index in [1.807, 2.05) is 0 Å². The van der Waals surface area contributed by atoms with Gasteiger partial charge >= 0.3 is 6.18 Å². The first-order chi connectivity index (χ1) is 7.73. The molecule has 0 fully saturated rings. The lowest BCUT2D eigenvalue weighted by atomic mass is 9.76. The number of fused-ring (bicyclic) bond motifs is 1. The molecule has 0 saturated heterocycles. The molecule has 0 radical (unpaired) electrons. The molecule has 0 aromatic carbocycles. The highest BCUT2D eigenvalue weighted by Crippen LogP contribution is 2.45. The first-order valence-electron chi connectivity index (χ1n) is 5.47. The summed E-state index contributed by atoms with van der Waals surface area (Å²) in [6.45, 7) is 4.12. The predicted molar refractivity (Wildman–Crippen MR) is 61.0 cm³/mol. The number of rotatable bonds is 1. The van der Waals surface area contributed by atoms with Crippen molar-refractivity contribution in [3.63, 3.8) is 0 Å². The van der Waals surface area contributed by atoms with E-state index in [9.17, 15) is 13.2 Å². The molecule has 0 spiro atoms. The van der Waals surface area contributed by atoms with Gasteiger partial charge < -0.3 is 5.32 Å². The second-order valence-corrected chi connectivity index (χ2v) is 6.24. The van der Waals surface area contributed by atoms with Crippen LogP contribution in [0.2, 0.25) is 0 Å². The fraction of sp³-hybridized carbons (Fsp3) is 0.727. The standard InChI is InChI=1S/C11H15F3N2S/c1-10(2)4-6(15-3)8-7(5-10)16-9(17-8)11(12,13)14/h6,15H,4-5H2,1-3H3. The van der Waals surface area contributed by atoms with Crippen molar-refractivity contribution in [3.05, 3.63) is 15.6 Å². The summed E-state index contributed by atoms with van der Waals surface area (Å²) in [5, 5.41) is 2.36. The van der Waals surface area contributed by atoms with Crippen LogP contribution in [0.1, 0.15) is 41.9 Å². The van der Waals surface area contributed by atoms with Crippen LogP contribution in [0.15, 0.2) is 0 Å². The number of alkyl halides is 3. The minimum atomic E-state index is -4.33. The maximum Gasteiger partial charge on any atom is 0.443 e. The van der Waals surface area contributed by atoms with E-state index in [2.05, 4.69) is 24.1 Å². The van der Waals surface area contributed by atoms with Crippen molar-refractivity contribution in [2.75, 3.05) is 7.05 Å². The van der Waals surface area contributed by atoms with Crippen LogP contribution < -0.4 is 5.32 Å². The molecule has 1 aliphatic rings. The van der Waals surface area contributed by atoms with E-state index in [-0.39, 0.29) is 11.5 Å². The molecule has 2 nitrogen and oxygen atoms in total.